The third kappa shape index (κ3) is 2.59. The molecule has 0 atom stereocenters. The lowest BCUT2D eigenvalue weighted by Gasteiger charge is -2.12. The highest BCUT2D eigenvalue weighted by atomic mass is 79.9. The Hall–Kier alpha value is -0.830. The fourth-order valence-electron chi connectivity index (χ4n) is 1.82. The second kappa shape index (κ2) is 5.31. The minimum absolute atomic E-state index is 0.336. The Labute approximate surface area is 99.0 Å². The molecule has 2 nitrogen and oxygen atoms in total. The van der Waals surface area contributed by atoms with Crippen LogP contribution in [0, 0.1) is 0 Å². The third-order valence-corrected chi connectivity index (χ3v) is 3.24. The monoisotopic (exact) mass is 269 g/mol. The molecule has 1 amide bonds. The Morgan fingerprint density at radius 1 is 1.33 bits per heavy atom. The van der Waals surface area contributed by atoms with E-state index in [2.05, 4.69) is 22.9 Å². The SMILES string of the molecule is CCCc1c(Br)ccc(C(N)=O)c1CC. The molecule has 0 fully saturated rings. The van der Waals surface area contributed by atoms with Crippen LogP contribution in [-0.4, -0.2) is 5.91 Å². The van der Waals surface area contributed by atoms with E-state index in [1.807, 2.05) is 13.0 Å². The van der Waals surface area contributed by atoms with E-state index in [-0.39, 0.29) is 5.91 Å². The molecule has 1 aromatic carbocycles. The quantitative estimate of drug-likeness (QED) is 0.897. The number of benzene rings is 1. The lowest BCUT2D eigenvalue weighted by Crippen LogP contribution is -2.15. The molecular formula is C12H16BrNO. The Morgan fingerprint density at radius 3 is 2.47 bits per heavy atom. The van der Waals surface area contributed by atoms with Gasteiger partial charge in [0.1, 0.15) is 0 Å². The zero-order chi connectivity index (χ0) is 11.4. The fourth-order valence-corrected chi connectivity index (χ4v) is 2.39. The molecule has 0 unspecified atom stereocenters. The summed E-state index contributed by atoms with van der Waals surface area (Å²) in [6.07, 6.45) is 2.88. The van der Waals surface area contributed by atoms with Crippen molar-refractivity contribution in [2.24, 2.45) is 5.73 Å². The van der Waals surface area contributed by atoms with Gasteiger partial charge in [-0.3, -0.25) is 4.79 Å². The zero-order valence-electron chi connectivity index (χ0n) is 9.14. The Morgan fingerprint density at radius 2 is 2.00 bits per heavy atom. The molecule has 15 heavy (non-hydrogen) atoms. The van der Waals surface area contributed by atoms with E-state index in [9.17, 15) is 4.79 Å². The number of primary amides is 1. The molecule has 0 heterocycles. The third-order valence-electron chi connectivity index (χ3n) is 2.49. The second-order valence-electron chi connectivity index (χ2n) is 3.52. The maximum atomic E-state index is 11.3. The first-order chi connectivity index (χ1) is 7.11. The van der Waals surface area contributed by atoms with Crippen LogP contribution in [0.3, 0.4) is 0 Å². The van der Waals surface area contributed by atoms with Gasteiger partial charge in [-0.2, -0.15) is 0 Å². The average Bonchev–Trinajstić information content (AvgIpc) is 2.20. The second-order valence-corrected chi connectivity index (χ2v) is 4.37. The summed E-state index contributed by atoms with van der Waals surface area (Å²) in [4.78, 5) is 11.3. The maximum Gasteiger partial charge on any atom is 0.248 e. The first kappa shape index (κ1) is 12.2. The normalized spacial score (nSPS) is 10.3. The van der Waals surface area contributed by atoms with Crippen molar-refractivity contribution in [3.8, 4) is 0 Å². The van der Waals surface area contributed by atoms with E-state index in [0.29, 0.717) is 5.56 Å². The number of carbonyl (C=O) groups is 1. The summed E-state index contributed by atoms with van der Waals surface area (Å²) >= 11 is 3.52. The van der Waals surface area contributed by atoms with E-state index in [4.69, 9.17) is 5.73 Å². The van der Waals surface area contributed by atoms with Crippen LogP contribution in [0.5, 0.6) is 0 Å². The largest absolute Gasteiger partial charge is 0.366 e. The lowest BCUT2D eigenvalue weighted by atomic mass is 9.95. The predicted octanol–water partition coefficient (Wildman–Crippen LogP) is 3.06. The number of carbonyl (C=O) groups excluding carboxylic acids is 1. The lowest BCUT2D eigenvalue weighted by molar-refractivity contribution is 0.0999. The van der Waals surface area contributed by atoms with Crippen LogP contribution in [0.25, 0.3) is 0 Å². The highest BCUT2D eigenvalue weighted by Gasteiger charge is 2.13. The molecule has 2 N–H and O–H groups in total. The van der Waals surface area contributed by atoms with Crippen LogP contribution in [-0.2, 0) is 12.8 Å². The standard InChI is InChI=1S/C12H16BrNO/c1-3-5-9-8(4-2)10(12(14)15)6-7-11(9)13/h6-7H,3-5H2,1-2H3,(H2,14,15). The zero-order valence-corrected chi connectivity index (χ0v) is 10.7. The number of hydrogen-bond acceptors (Lipinski definition) is 1. The molecule has 0 aliphatic heterocycles. The van der Waals surface area contributed by atoms with Crippen LogP contribution in [0.2, 0.25) is 0 Å². The minimum Gasteiger partial charge on any atom is -0.366 e. The van der Waals surface area contributed by atoms with Crippen molar-refractivity contribution in [3.05, 3.63) is 33.3 Å². The predicted molar refractivity (Wildman–Crippen MR) is 66.0 cm³/mol. The van der Waals surface area contributed by atoms with Gasteiger partial charge in [0.2, 0.25) is 5.91 Å². The molecular weight excluding hydrogens is 254 g/mol. The van der Waals surface area contributed by atoms with Crippen molar-refractivity contribution in [2.45, 2.75) is 33.1 Å². The summed E-state index contributed by atoms with van der Waals surface area (Å²) in [5.41, 5.74) is 8.31. The van der Waals surface area contributed by atoms with Crippen LogP contribution in [0.1, 0.15) is 41.8 Å². The number of nitrogens with two attached hydrogens (primary N) is 1. The van der Waals surface area contributed by atoms with E-state index in [1.165, 1.54) is 5.56 Å². The van der Waals surface area contributed by atoms with Crippen LogP contribution < -0.4 is 5.73 Å². The van der Waals surface area contributed by atoms with Gasteiger partial charge in [0.05, 0.1) is 0 Å². The molecule has 82 valence electrons. The molecule has 1 rings (SSSR count). The smallest absolute Gasteiger partial charge is 0.248 e. The molecule has 0 radical (unpaired) electrons. The van der Waals surface area contributed by atoms with E-state index in [1.54, 1.807) is 6.07 Å². The van der Waals surface area contributed by atoms with Crippen LogP contribution in [0.4, 0.5) is 0 Å². The molecule has 0 saturated heterocycles. The van der Waals surface area contributed by atoms with Gasteiger partial charge in [-0.15, -0.1) is 0 Å². The van der Waals surface area contributed by atoms with Crippen molar-refractivity contribution in [1.29, 1.82) is 0 Å². The number of rotatable bonds is 4. The Bertz CT molecular complexity index is 374. The van der Waals surface area contributed by atoms with Gasteiger partial charge in [-0.05, 0) is 36.1 Å². The Kier molecular flexibility index (Phi) is 4.33. The molecule has 0 saturated carbocycles. The van der Waals surface area contributed by atoms with E-state index >= 15 is 0 Å². The van der Waals surface area contributed by atoms with Gasteiger partial charge in [0.15, 0.2) is 0 Å². The van der Waals surface area contributed by atoms with E-state index in [0.717, 1.165) is 29.3 Å². The highest BCUT2D eigenvalue weighted by Crippen LogP contribution is 2.25. The van der Waals surface area contributed by atoms with Gasteiger partial charge in [-0.1, -0.05) is 36.2 Å². The Balaban J connectivity index is 3.33. The van der Waals surface area contributed by atoms with Gasteiger partial charge in [0.25, 0.3) is 0 Å². The molecule has 0 aliphatic carbocycles. The molecule has 0 aromatic heterocycles. The van der Waals surface area contributed by atoms with Gasteiger partial charge in [0, 0.05) is 10.0 Å². The van der Waals surface area contributed by atoms with Crippen molar-refractivity contribution < 1.29 is 4.79 Å². The molecule has 3 heteroatoms. The van der Waals surface area contributed by atoms with Crippen LogP contribution in [0.15, 0.2) is 16.6 Å². The molecule has 1 aromatic rings. The summed E-state index contributed by atoms with van der Waals surface area (Å²) in [5.74, 6) is -0.336. The van der Waals surface area contributed by atoms with Crippen molar-refractivity contribution >= 4 is 21.8 Å². The maximum absolute atomic E-state index is 11.3. The summed E-state index contributed by atoms with van der Waals surface area (Å²) in [5, 5.41) is 0. The van der Waals surface area contributed by atoms with Gasteiger partial charge in [-0.25, -0.2) is 0 Å². The number of halogens is 1. The van der Waals surface area contributed by atoms with Crippen molar-refractivity contribution in [1.82, 2.24) is 0 Å². The van der Waals surface area contributed by atoms with Crippen molar-refractivity contribution in [2.75, 3.05) is 0 Å². The summed E-state index contributed by atoms with van der Waals surface area (Å²) in [6.45, 7) is 4.18. The first-order valence-electron chi connectivity index (χ1n) is 5.21. The summed E-state index contributed by atoms with van der Waals surface area (Å²) < 4.78 is 1.08. The number of hydrogen-bond donors (Lipinski definition) is 1. The van der Waals surface area contributed by atoms with Gasteiger partial charge >= 0.3 is 0 Å². The first-order valence-corrected chi connectivity index (χ1v) is 6.01. The molecule has 0 aliphatic rings. The fraction of sp³-hybridized carbons (Fsp3) is 0.417. The highest BCUT2D eigenvalue weighted by molar-refractivity contribution is 9.10. The van der Waals surface area contributed by atoms with Gasteiger partial charge < -0.3 is 5.73 Å². The number of amides is 1. The average molecular weight is 270 g/mol. The van der Waals surface area contributed by atoms with Crippen LogP contribution >= 0.6 is 15.9 Å². The molecule has 0 bridgehead atoms. The minimum atomic E-state index is -0.336. The summed E-state index contributed by atoms with van der Waals surface area (Å²) in [7, 11) is 0. The summed E-state index contributed by atoms with van der Waals surface area (Å²) in [6, 6.07) is 3.70. The molecule has 0 spiro atoms. The van der Waals surface area contributed by atoms with Crippen molar-refractivity contribution in [3.63, 3.8) is 0 Å². The topological polar surface area (TPSA) is 43.1 Å². The van der Waals surface area contributed by atoms with E-state index < -0.39 is 0 Å².